The normalized spacial score (nSPS) is 18.8. The molecule has 1 aromatic heterocycles. The molecule has 2 aromatic rings. The fraction of sp³-hybridized carbons (Fsp3) is 0.375. The van der Waals surface area contributed by atoms with E-state index >= 15 is 0 Å². The molecule has 0 N–H and O–H groups in total. The third kappa shape index (κ3) is 2.38. The van der Waals surface area contributed by atoms with Gasteiger partial charge in [-0.05, 0) is 13.1 Å². The average Bonchev–Trinajstić information content (AvgIpc) is 2.50. The van der Waals surface area contributed by atoms with Crippen LogP contribution in [0.5, 0.6) is 0 Å². The van der Waals surface area contributed by atoms with Crippen molar-refractivity contribution in [2.45, 2.75) is 6.04 Å². The standard InChI is InChI=1S/C16H18N4/c1-19-8-10-20(11-9-19)15(12-17)14-6-2-4-13-5-3-7-18-16(13)14/h2-7,15H,8-11H2,1H3. The van der Waals surface area contributed by atoms with Crippen LogP contribution in [0.3, 0.4) is 0 Å². The van der Waals surface area contributed by atoms with Crippen molar-refractivity contribution in [1.82, 2.24) is 14.8 Å². The number of fused-ring (bicyclic) bond motifs is 1. The molecule has 2 heterocycles. The van der Waals surface area contributed by atoms with Crippen LogP contribution in [-0.4, -0.2) is 48.0 Å². The Morgan fingerprint density at radius 2 is 1.90 bits per heavy atom. The predicted molar refractivity (Wildman–Crippen MR) is 79.2 cm³/mol. The number of hydrogen-bond donors (Lipinski definition) is 0. The molecular formula is C16H18N4. The molecule has 0 radical (unpaired) electrons. The van der Waals surface area contributed by atoms with Gasteiger partial charge < -0.3 is 4.90 Å². The number of pyridine rings is 1. The van der Waals surface area contributed by atoms with Crippen LogP contribution in [0.2, 0.25) is 0 Å². The summed E-state index contributed by atoms with van der Waals surface area (Å²) >= 11 is 0. The zero-order chi connectivity index (χ0) is 13.9. The molecule has 1 aliphatic heterocycles. The molecule has 0 spiro atoms. The average molecular weight is 266 g/mol. The maximum Gasteiger partial charge on any atom is 0.126 e. The Morgan fingerprint density at radius 3 is 2.65 bits per heavy atom. The Kier molecular flexibility index (Phi) is 3.64. The summed E-state index contributed by atoms with van der Waals surface area (Å²) < 4.78 is 0. The molecule has 4 heteroatoms. The number of likely N-dealkylation sites (N-methyl/N-ethyl adjacent to an activating group) is 1. The zero-order valence-electron chi connectivity index (χ0n) is 11.7. The molecule has 1 aliphatic rings. The lowest BCUT2D eigenvalue weighted by Crippen LogP contribution is -2.45. The zero-order valence-corrected chi connectivity index (χ0v) is 11.7. The van der Waals surface area contributed by atoms with E-state index in [2.05, 4.69) is 27.9 Å². The van der Waals surface area contributed by atoms with Crippen LogP contribution in [0.25, 0.3) is 10.9 Å². The highest BCUT2D eigenvalue weighted by atomic mass is 15.3. The van der Waals surface area contributed by atoms with E-state index in [1.165, 1.54) is 0 Å². The van der Waals surface area contributed by atoms with Gasteiger partial charge in [-0.15, -0.1) is 0 Å². The lowest BCUT2D eigenvalue weighted by molar-refractivity contribution is 0.133. The fourth-order valence-electron chi connectivity index (χ4n) is 2.78. The minimum atomic E-state index is -0.206. The molecule has 3 rings (SSSR count). The van der Waals surface area contributed by atoms with Crippen LogP contribution < -0.4 is 0 Å². The lowest BCUT2D eigenvalue weighted by Gasteiger charge is -2.35. The number of benzene rings is 1. The number of nitriles is 1. The van der Waals surface area contributed by atoms with Crippen molar-refractivity contribution in [3.05, 3.63) is 42.1 Å². The first-order chi connectivity index (χ1) is 9.79. The number of piperazine rings is 1. The van der Waals surface area contributed by atoms with Crippen molar-refractivity contribution < 1.29 is 0 Å². The Balaban J connectivity index is 1.98. The quantitative estimate of drug-likeness (QED) is 0.834. The van der Waals surface area contributed by atoms with Gasteiger partial charge in [-0.1, -0.05) is 24.3 Å². The fourth-order valence-corrected chi connectivity index (χ4v) is 2.78. The second kappa shape index (κ2) is 5.58. The van der Waals surface area contributed by atoms with Gasteiger partial charge in [0.05, 0.1) is 11.6 Å². The van der Waals surface area contributed by atoms with Crippen molar-refractivity contribution in [3.63, 3.8) is 0 Å². The number of rotatable bonds is 2. The number of hydrogen-bond acceptors (Lipinski definition) is 4. The smallest absolute Gasteiger partial charge is 0.126 e. The van der Waals surface area contributed by atoms with Gasteiger partial charge in [0.25, 0.3) is 0 Å². The number of para-hydroxylation sites is 1. The molecule has 1 atom stereocenters. The first-order valence-corrected chi connectivity index (χ1v) is 6.95. The molecule has 0 aliphatic carbocycles. The maximum atomic E-state index is 9.62. The van der Waals surface area contributed by atoms with E-state index in [4.69, 9.17) is 0 Å². The summed E-state index contributed by atoms with van der Waals surface area (Å²) in [5.41, 5.74) is 1.97. The Bertz CT molecular complexity index is 633. The molecule has 1 fully saturated rings. The molecule has 0 amide bonds. The summed E-state index contributed by atoms with van der Waals surface area (Å²) in [5.74, 6) is 0. The third-order valence-corrected chi connectivity index (χ3v) is 3.98. The van der Waals surface area contributed by atoms with E-state index in [-0.39, 0.29) is 6.04 Å². The van der Waals surface area contributed by atoms with Crippen molar-refractivity contribution in [2.75, 3.05) is 33.2 Å². The largest absolute Gasteiger partial charge is 0.304 e. The highest BCUT2D eigenvalue weighted by molar-refractivity contribution is 5.82. The number of nitrogens with zero attached hydrogens (tertiary/aromatic N) is 4. The summed E-state index contributed by atoms with van der Waals surface area (Å²) in [4.78, 5) is 9.02. The molecule has 4 nitrogen and oxygen atoms in total. The van der Waals surface area contributed by atoms with Crippen LogP contribution >= 0.6 is 0 Å². The maximum absolute atomic E-state index is 9.62. The van der Waals surface area contributed by atoms with Crippen LogP contribution in [0.1, 0.15) is 11.6 Å². The topological polar surface area (TPSA) is 43.2 Å². The SMILES string of the molecule is CN1CCN(C(C#N)c2cccc3cccnc23)CC1. The van der Waals surface area contributed by atoms with E-state index in [1.807, 2.05) is 30.3 Å². The Hall–Kier alpha value is -1.96. The van der Waals surface area contributed by atoms with Crippen molar-refractivity contribution >= 4 is 10.9 Å². The molecular weight excluding hydrogens is 248 g/mol. The highest BCUT2D eigenvalue weighted by Gasteiger charge is 2.25. The number of aromatic nitrogens is 1. The minimum absolute atomic E-state index is 0.206. The molecule has 1 aromatic carbocycles. The Labute approximate surface area is 119 Å². The van der Waals surface area contributed by atoms with Gasteiger partial charge in [-0.3, -0.25) is 9.88 Å². The lowest BCUT2D eigenvalue weighted by atomic mass is 10.0. The molecule has 0 saturated carbocycles. The van der Waals surface area contributed by atoms with E-state index in [0.717, 1.165) is 42.6 Å². The van der Waals surface area contributed by atoms with Gasteiger partial charge in [0.15, 0.2) is 0 Å². The first-order valence-electron chi connectivity index (χ1n) is 6.95. The van der Waals surface area contributed by atoms with Gasteiger partial charge in [-0.2, -0.15) is 5.26 Å². The van der Waals surface area contributed by atoms with Gasteiger partial charge in [0.1, 0.15) is 6.04 Å². The minimum Gasteiger partial charge on any atom is -0.304 e. The third-order valence-electron chi connectivity index (χ3n) is 3.98. The van der Waals surface area contributed by atoms with Crippen molar-refractivity contribution in [1.29, 1.82) is 5.26 Å². The van der Waals surface area contributed by atoms with Gasteiger partial charge in [0, 0.05) is 43.3 Å². The summed E-state index contributed by atoms with van der Waals surface area (Å²) in [6, 6.07) is 12.3. The second-order valence-electron chi connectivity index (χ2n) is 5.29. The van der Waals surface area contributed by atoms with Gasteiger partial charge >= 0.3 is 0 Å². The van der Waals surface area contributed by atoms with Crippen molar-refractivity contribution in [2.24, 2.45) is 0 Å². The van der Waals surface area contributed by atoms with E-state index in [0.29, 0.717) is 0 Å². The van der Waals surface area contributed by atoms with Gasteiger partial charge in [0.2, 0.25) is 0 Å². The Morgan fingerprint density at radius 1 is 1.15 bits per heavy atom. The second-order valence-corrected chi connectivity index (χ2v) is 5.29. The van der Waals surface area contributed by atoms with Crippen LogP contribution in [0.4, 0.5) is 0 Å². The van der Waals surface area contributed by atoms with Crippen LogP contribution in [-0.2, 0) is 0 Å². The predicted octanol–water partition coefficient (Wildman–Crippen LogP) is 2.05. The molecule has 20 heavy (non-hydrogen) atoms. The summed E-state index contributed by atoms with van der Waals surface area (Å²) in [6.07, 6.45) is 1.80. The summed E-state index contributed by atoms with van der Waals surface area (Å²) in [6.45, 7) is 3.88. The first kappa shape index (κ1) is 13.0. The van der Waals surface area contributed by atoms with E-state index in [1.54, 1.807) is 6.20 Å². The summed E-state index contributed by atoms with van der Waals surface area (Å²) in [7, 11) is 2.12. The molecule has 0 bridgehead atoms. The van der Waals surface area contributed by atoms with Gasteiger partial charge in [-0.25, -0.2) is 0 Å². The molecule has 1 saturated heterocycles. The van der Waals surface area contributed by atoms with E-state index < -0.39 is 0 Å². The molecule has 1 unspecified atom stereocenters. The van der Waals surface area contributed by atoms with E-state index in [9.17, 15) is 5.26 Å². The monoisotopic (exact) mass is 266 g/mol. The summed E-state index contributed by atoms with van der Waals surface area (Å²) in [5, 5.41) is 10.7. The molecule has 102 valence electrons. The highest BCUT2D eigenvalue weighted by Crippen LogP contribution is 2.27. The van der Waals surface area contributed by atoms with Crippen LogP contribution in [0.15, 0.2) is 36.5 Å². The van der Waals surface area contributed by atoms with Crippen LogP contribution in [0, 0.1) is 11.3 Å². The van der Waals surface area contributed by atoms with Crippen molar-refractivity contribution in [3.8, 4) is 6.07 Å².